The van der Waals surface area contributed by atoms with Crippen LogP contribution in [0.5, 0.6) is 5.75 Å². The first-order chi connectivity index (χ1) is 11.1. The minimum atomic E-state index is -0.679. The van der Waals surface area contributed by atoms with Crippen LogP contribution in [0.4, 0.5) is 4.79 Å². The van der Waals surface area contributed by atoms with Gasteiger partial charge in [0.15, 0.2) is 0 Å². The number of aliphatic hydroxyl groups is 1. The normalized spacial score (nSPS) is 13.2. The number of aliphatic hydroxyl groups excluding tert-OH is 1. The van der Waals surface area contributed by atoms with Crippen molar-refractivity contribution in [2.75, 3.05) is 13.2 Å². The van der Waals surface area contributed by atoms with Gasteiger partial charge in [0, 0.05) is 4.88 Å². The lowest BCUT2D eigenvalue weighted by Crippen LogP contribution is -2.38. The highest BCUT2D eigenvalue weighted by Gasteiger charge is 2.12. The van der Waals surface area contributed by atoms with Crippen molar-refractivity contribution in [2.24, 2.45) is 0 Å². The number of rotatable bonds is 7. The molecule has 0 radical (unpaired) electrons. The number of amides is 2. The highest BCUT2D eigenvalue weighted by molar-refractivity contribution is 7.10. The van der Waals surface area contributed by atoms with Crippen LogP contribution in [0.15, 0.2) is 41.8 Å². The van der Waals surface area contributed by atoms with Gasteiger partial charge in [-0.3, -0.25) is 0 Å². The predicted octanol–water partition coefficient (Wildman–Crippen LogP) is 3.24. The average molecular weight is 334 g/mol. The van der Waals surface area contributed by atoms with Crippen LogP contribution in [-0.4, -0.2) is 24.3 Å². The molecule has 0 unspecified atom stereocenters. The average Bonchev–Trinajstić information content (AvgIpc) is 3.08. The van der Waals surface area contributed by atoms with Gasteiger partial charge >= 0.3 is 6.03 Å². The quantitative estimate of drug-likeness (QED) is 0.728. The molecule has 1 heterocycles. The Bertz CT molecular complexity index is 599. The van der Waals surface area contributed by atoms with E-state index in [1.54, 1.807) is 0 Å². The molecule has 0 aliphatic carbocycles. The van der Waals surface area contributed by atoms with Crippen molar-refractivity contribution in [3.8, 4) is 5.75 Å². The molecule has 0 saturated heterocycles. The molecule has 2 rings (SSSR count). The van der Waals surface area contributed by atoms with Crippen molar-refractivity contribution in [1.82, 2.24) is 10.6 Å². The minimum Gasteiger partial charge on any atom is -0.494 e. The van der Waals surface area contributed by atoms with Gasteiger partial charge in [0.05, 0.1) is 19.2 Å². The third-order valence-electron chi connectivity index (χ3n) is 3.37. The highest BCUT2D eigenvalue weighted by Crippen LogP contribution is 2.19. The van der Waals surface area contributed by atoms with Crippen molar-refractivity contribution in [1.29, 1.82) is 0 Å². The van der Waals surface area contributed by atoms with E-state index in [0.29, 0.717) is 6.61 Å². The maximum atomic E-state index is 11.9. The van der Waals surface area contributed by atoms with Crippen molar-refractivity contribution in [3.63, 3.8) is 0 Å². The zero-order valence-corrected chi connectivity index (χ0v) is 14.1. The Balaban J connectivity index is 1.79. The van der Waals surface area contributed by atoms with Gasteiger partial charge in [-0.2, -0.15) is 0 Å². The first-order valence-electron chi connectivity index (χ1n) is 7.58. The SMILES string of the molecule is CCOc1ccc([C@H](C)NC(=O)NC[C@H](O)c2cccs2)cc1. The van der Waals surface area contributed by atoms with E-state index in [-0.39, 0.29) is 18.6 Å². The molecule has 6 heteroatoms. The number of hydrogen-bond donors (Lipinski definition) is 3. The van der Waals surface area contributed by atoms with Crippen LogP contribution in [0, 0.1) is 0 Å². The Labute approximate surface area is 140 Å². The fourth-order valence-corrected chi connectivity index (χ4v) is 2.83. The van der Waals surface area contributed by atoms with Crippen LogP contribution in [0.2, 0.25) is 0 Å². The first-order valence-corrected chi connectivity index (χ1v) is 8.46. The van der Waals surface area contributed by atoms with Gasteiger partial charge in [-0.25, -0.2) is 4.79 Å². The molecule has 2 aromatic rings. The van der Waals surface area contributed by atoms with Gasteiger partial charge in [-0.15, -0.1) is 11.3 Å². The van der Waals surface area contributed by atoms with E-state index in [1.165, 1.54) is 11.3 Å². The van der Waals surface area contributed by atoms with E-state index in [0.717, 1.165) is 16.2 Å². The molecule has 1 aromatic heterocycles. The van der Waals surface area contributed by atoms with Gasteiger partial charge in [0.2, 0.25) is 0 Å². The molecule has 2 amide bonds. The zero-order valence-electron chi connectivity index (χ0n) is 13.3. The third-order valence-corrected chi connectivity index (χ3v) is 4.34. The Morgan fingerprint density at radius 1 is 1.30 bits per heavy atom. The monoisotopic (exact) mass is 334 g/mol. The van der Waals surface area contributed by atoms with Crippen LogP contribution in [0.1, 0.15) is 36.4 Å². The molecule has 0 saturated carbocycles. The number of nitrogens with one attached hydrogen (secondary N) is 2. The smallest absolute Gasteiger partial charge is 0.315 e. The fourth-order valence-electron chi connectivity index (χ4n) is 2.12. The molecule has 0 fully saturated rings. The van der Waals surface area contributed by atoms with Gasteiger partial charge in [0.25, 0.3) is 0 Å². The maximum Gasteiger partial charge on any atom is 0.315 e. The van der Waals surface area contributed by atoms with Crippen LogP contribution >= 0.6 is 11.3 Å². The standard InChI is InChI=1S/C17H22N2O3S/c1-3-22-14-8-6-13(7-9-14)12(2)19-17(21)18-11-15(20)16-5-4-10-23-16/h4-10,12,15,20H,3,11H2,1-2H3,(H2,18,19,21)/t12-,15-/m0/s1. The number of urea groups is 1. The Morgan fingerprint density at radius 2 is 2.04 bits per heavy atom. The number of carbonyl (C=O) groups is 1. The molecular weight excluding hydrogens is 312 g/mol. The number of carbonyl (C=O) groups excluding carboxylic acids is 1. The summed E-state index contributed by atoms with van der Waals surface area (Å²) in [4.78, 5) is 12.8. The number of hydrogen-bond acceptors (Lipinski definition) is 4. The summed E-state index contributed by atoms with van der Waals surface area (Å²) in [7, 11) is 0. The maximum absolute atomic E-state index is 11.9. The molecule has 23 heavy (non-hydrogen) atoms. The van der Waals surface area contributed by atoms with E-state index >= 15 is 0 Å². The molecule has 2 atom stereocenters. The van der Waals surface area contributed by atoms with Crippen LogP contribution in [0.3, 0.4) is 0 Å². The first kappa shape index (κ1) is 17.3. The Morgan fingerprint density at radius 3 is 2.65 bits per heavy atom. The van der Waals surface area contributed by atoms with E-state index in [2.05, 4.69) is 10.6 Å². The van der Waals surface area contributed by atoms with Crippen molar-refractivity contribution >= 4 is 17.4 Å². The molecule has 124 valence electrons. The highest BCUT2D eigenvalue weighted by atomic mass is 32.1. The molecular formula is C17H22N2O3S. The van der Waals surface area contributed by atoms with E-state index < -0.39 is 6.10 Å². The third kappa shape index (κ3) is 5.26. The number of benzene rings is 1. The molecule has 1 aromatic carbocycles. The second-order valence-electron chi connectivity index (χ2n) is 5.11. The van der Waals surface area contributed by atoms with Gasteiger partial charge < -0.3 is 20.5 Å². The van der Waals surface area contributed by atoms with Gasteiger partial charge in [-0.05, 0) is 43.0 Å². The molecule has 0 bridgehead atoms. The summed E-state index contributed by atoms with van der Waals surface area (Å²) < 4.78 is 5.40. The van der Waals surface area contributed by atoms with E-state index in [1.807, 2.05) is 55.6 Å². The molecule has 0 aliphatic rings. The molecule has 0 aliphatic heterocycles. The van der Waals surface area contributed by atoms with Crippen molar-refractivity contribution in [3.05, 3.63) is 52.2 Å². The lowest BCUT2D eigenvalue weighted by molar-refractivity contribution is 0.176. The Hall–Kier alpha value is -2.05. The summed E-state index contributed by atoms with van der Waals surface area (Å²) in [6.45, 7) is 4.66. The van der Waals surface area contributed by atoms with Gasteiger partial charge in [-0.1, -0.05) is 18.2 Å². The van der Waals surface area contributed by atoms with Crippen molar-refractivity contribution < 1.29 is 14.6 Å². The van der Waals surface area contributed by atoms with E-state index in [4.69, 9.17) is 4.74 Å². The zero-order chi connectivity index (χ0) is 16.7. The molecule has 5 nitrogen and oxygen atoms in total. The summed E-state index contributed by atoms with van der Waals surface area (Å²) in [5.74, 6) is 0.812. The number of thiophene rings is 1. The van der Waals surface area contributed by atoms with Crippen LogP contribution in [0.25, 0.3) is 0 Å². The predicted molar refractivity (Wildman–Crippen MR) is 91.8 cm³/mol. The summed E-state index contributed by atoms with van der Waals surface area (Å²) in [6.07, 6.45) is -0.679. The van der Waals surface area contributed by atoms with Crippen LogP contribution < -0.4 is 15.4 Å². The Kier molecular flexibility index (Phi) is 6.43. The lowest BCUT2D eigenvalue weighted by Gasteiger charge is -2.16. The molecule has 3 N–H and O–H groups in total. The summed E-state index contributed by atoms with van der Waals surface area (Å²) in [6, 6.07) is 10.9. The lowest BCUT2D eigenvalue weighted by atomic mass is 10.1. The van der Waals surface area contributed by atoms with Gasteiger partial charge in [0.1, 0.15) is 11.9 Å². The summed E-state index contributed by atoms with van der Waals surface area (Å²) >= 11 is 1.47. The molecule has 0 spiro atoms. The largest absolute Gasteiger partial charge is 0.494 e. The van der Waals surface area contributed by atoms with Crippen molar-refractivity contribution in [2.45, 2.75) is 26.0 Å². The summed E-state index contributed by atoms with van der Waals surface area (Å²) in [5, 5.41) is 17.4. The van der Waals surface area contributed by atoms with E-state index in [9.17, 15) is 9.90 Å². The number of ether oxygens (including phenoxy) is 1. The summed E-state index contributed by atoms with van der Waals surface area (Å²) in [5.41, 5.74) is 0.988. The fraction of sp³-hybridized carbons (Fsp3) is 0.353. The second-order valence-corrected chi connectivity index (χ2v) is 6.09. The second kappa shape index (κ2) is 8.55. The minimum absolute atomic E-state index is 0.135. The van der Waals surface area contributed by atoms with Crippen LogP contribution in [-0.2, 0) is 0 Å². The topological polar surface area (TPSA) is 70.6 Å².